The number of alkyl halides is 3. The Bertz CT molecular complexity index is 1300. The average molecular weight is 522 g/mol. The number of unbranched alkanes of at least 4 members (excludes halogenated alkanes) is 1. The Balaban J connectivity index is 1.66. The van der Waals surface area contributed by atoms with Gasteiger partial charge in [-0.1, -0.05) is 12.1 Å². The Morgan fingerprint density at radius 3 is 2.64 bits per heavy atom. The molecule has 0 bridgehead atoms. The maximum absolute atomic E-state index is 13.4. The lowest BCUT2D eigenvalue weighted by Gasteiger charge is -2.29. The minimum atomic E-state index is -4.44. The van der Waals surface area contributed by atoms with Crippen LogP contribution in [0.4, 0.5) is 19.0 Å². The molecule has 4 rings (SSSR count). The number of ether oxygens (including phenoxy) is 2. The van der Waals surface area contributed by atoms with E-state index in [9.17, 15) is 21.6 Å². The van der Waals surface area contributed by atoms with Gasteiger partial charge in [-0.25, -0.2) is 18.4 Å². The van der Waals surface area contributed by atoms with Crippen LogP contribution in [0.2, 0.25) is 0 Å². The van der Waals surface area contributed by atoms with Gasteiger partial charge in [0.15, 0.2) is 0 Å². The quantitative estimate of drug-likeness (QED) is 0.390. The summed E-state index contributed by atoms with van der Waals surface area (Å²) in [5.74, 6) is 0.298. The SMILES string of the molecule is COCCCCc1cc(C(F)(F)F)ccc1C1CCOc2cc(S(=O)(=O)Nc3ccncn3)ccc21. The van der Waals surface area contributed by atoms with E-state index >= 15 is 0 Å². The summed E-state index contributed by atoms with van der Waals surface area (Å²) in [6.45, 7) is 0.847. The first-order valence-corrected chi connectivity index (χ1v) is 12.9. The molecule has 3 aromatic rings. The first-order valence-electron chi connectivity index (χ1n) is 11.4. The molecule has 2 aromatic carbocycles. The number of nitrogens with one attached hydrogen (secondary N) is 1. The molecule has 0 spiro atoms. The molecule has 1 aliphatic rings. The van der Waals surface area contributed by atoms with Gasteiger partial charge in [0.2, 0.25) is 0 Å². The third kappa shape index (κ3) is 5.96. The van der Waals surface area contributed by atoms with E-state index in [1.54, 1.807) is 13.2 Å². The molecule has 2 heterocycles. The smallest absolute Gasteiger partial charge is 0.416 e. The second-order valence-corrected chi connectivity index (χ2v) is 10.1. The summed E-state index contributed by atoms with van der Waals surface area (Å²) >= 11 is 0. The van der Waals surface area contributed by atoms with Gasteiger partial charge in [0.1, 0.15) is 17.9 Å². The van der Waals surface area contributed by atoms with Crippen LogP contribution in [0.5, 0.6) is 5.75 Å². The van der Waals surface area contributed by atoms with E-state index in [0.29, 0.717) is 43.8 Å². The van der Waals surface area contributed by atoms with E-state index in [1.807, 2.05) is 0 Å². The molecule has 7 nitrogen and oxygen atoms in total. The highest BCUT2D eigenvalue weighted by Crippen LogP contribution is 2.42. The van der Waals surface area contributed by atoms with Crippen LogP contribution >= 0.6 is 0 Å². The van der Waals surface area contributed by atoms with Crippen molar-refractivity contribution in [3.63, 3.8) is 0 Å². The van der Waals surface area contributed by atoms with E-state index < -0.39 is 21.8 Å². The van der Waals surface area contributed by atoms with Gasteiger partial charge in [0.05, 0.1) is 17.1 Å². The third-order valence-electron chi connectivity index (χ3n) is 6.05. The molecule has 0 radical (unpaired) electrons. The number of hydrogen-bond donors (Lipinski definition) is 1. The molecule has 1 N–H and O–H groups in total. The van der Waals surface area contributed by atoms with E-state index in [0.717, 1.165) is 23.6 Å². The van der Waals surface area contributed by atoms with Gasteiger partial charge >= 0.3 is 6.18 Å². The lowest BCUT2D eigenvalue weighted by molar-refractivity contribution is -0.137. The Morgan fingerprint density at radius 1 is 1.11 bits per heavy atom. The maximum atomic E-state index is 13.4. The highest BCUT2D eigenvalue weighted by atomic mass is 32.2. The van der Waals surface area contributed by atoms with Gasteiger partial charge in [-0.3, -0.25) is 4.72 Å². The van der Waals surface area contributed by atoms with Crippen molar-refractivity contribution in [2.24, 2.45) is 0 Å². The molecule has 1 unspecified atom stereocenters. The summed E-state index contributed by atoms with van der Waals surface area (Å²) in [7, 11) is -2.34. The minimum absolute atomic E-state index is 0.00674. The fraction of sp³-hybridized carbons (Fsp3) is 0.360. The van der Waals surface area contributed by atoms with Gasteiger partial charge in [-0.2, -0.15) is 13.2 Å². The van der Waals surface area contributed by atoms with Crippen LogP contribution in [0.1, 0.15) is 47.4 Å². The minimum Gasteiger partial charge on any atom is -0.493 e. The number of hydrogen-bond acceptors (Lipinski definition) is 6. The average Bonchev–Trinajstić information content (AvgIpc) is 2.85. The molecule has 0 aliphatic carbocycles. The van der Waals surface area contributed by atoms with Gasteiger partial charge in [-0.05, 0) is 61.1 Å². The van der Waals surface area contributed by atoms with Crippen molar-refractivity contribution in [2.45, 2.75) is 42.7 Å². The number of rotatable bonds is 9. The van der Waals surface area contributed by atoms with E-state index in [2.05, 4.69) is 14.7 Å². The molecular formula is C25H26F3N3O4S. The topological polar surface area (TPSA) is 90.4 Å². The molecular weight excluding hydrogens is 495 g/mol. The lowest BCUT2D eigenvalue weighted by Crippen LogP contribution is -2.19. The molecule has 1 aliphatic heterocycles. The van der Waals surface area contributed by atoms with E-state index in [-0.39, 0.29) is 16.6 Å². The van der Waals surface area contributed by atoms with Crippen LogP contribution in [-0.4, -0.2) is 38.7 Å². The monoisotopic (exact) mass is 521 g/mol. The van der Waals surface area contributed by atoms with Crippen LogP contribution in [0.3, 0.4) is 0 Å². The number of halogens is 3. The predicted molar refractivity (Wildman–Crippen MR) is 127 cm³/mol. The molecule has 0 amide bonds. The fourth-order valence-corrected chi connectivity index (χ4v) is 5.33. The summed E-state index contributed by atoms with van der Waals surface area (Å²) in [5, 5.41) is 0. The van der Waals surface area contributed by atoms with Gasteiger partial charge < -0.3 is 9.47 Å². The number of aryl methyl sites for hydroxylation is 1. The fourth-order valence-electron chi connectivity index (χ4n) is 4.31. The third-order valence-corrected chi connectivity index (χ3v) is 7.40. The van der Waals surface area contributed by atoms with E-state index in [4.69, 9.17) is 9.47 Å². The molecule has 1 aromatic heterocycles. The Kier molecular flexibility index (Phi) is 7.79. The Labute approximate surface area is 207 Å². The lowest BCUT2D eigenvalue weighted by atomic mass is 9.82. The number of aromatic nitrogens is 2. The van der Waals surface area contributed by atoms with Crippen LogP contribution < -0.4 is 9.46 Å². The van der Waals surface area contributed by atoms with Crippen molar-refractivity contribution in [3.8, 4) is 5.75 Å². The summed E-state index contributed by atoms with van der Waals surface area (Å²) in [4.78, 5) is 7.63. The molecule has 192 valence electrons. The molecule has 0 saturated carbocycles. The highest BCUT2D eigenvalue weighted by molar-refractivity contribution is 7.92. The number of sulfonamides is 1. The number of anilines is 1. The highest BCUT2D eigenvalue weighted by Gasteiger charge is 2.33. The van der Waals surface area contributed by atoms with Crippen molar-refractivity contribution in [2.75, 3.05) is 25.0 Å². The second-order valence-electron chi connectivity index (χ2n) is 8.45. The van der Waals surface area contributed by atoms with Crippen LogP contribution in [-0.2, 0) is 27.4 Å². The van der Waals surface area contributed by atoms with Crippen molar-refractivity contribution in [1.82, 2.24) is 9.97 Å². The van der Waals surface area contributed by atoms with Crippen LogP contribution in [0, 0.1) is 0 Å². The van der Waals surface area contributed by atoms with Crippen molar-refractivity contribution in [3.05, 3.63) is 77.2 Å². The number of nitrogens with zero attached hydrogens (tertiary/aromatic N) is 2. The first kappa shape index (κ1) is 25.9. The molecule has 36 heavy (non-hydrogen) atoms. The Morgan fingerprint density at radius 2 is 1.92 bits per heavy atom. The van der Waals surface area contributed by atoms with Crippen molar-refractivity contribution >= 4 is 15.8 Å². The molecule has 11 heteroatoms. The van der Waals surface area contributed by atoms with Gasteiger partial charge in [0.25, 0.3) is 10.0 Å². The standard InChI is InChI=1S/C25H26F3N3O4S/c1-34-12-3-2-4-17-14-18(25(26,27)28)5-7-20(17)21-10-13-35-23-15-19(6-8-22(21)23)36(32,33)31-24-9-11-29-16-30-24/h5-9,11,14-16,21H,2-4,10,12-13H2,1H3,(H,29,30,31). The number of methoxy groups -OCH3 is 1. The molecule has 1 atom stereocenters. The zero-order chi connectivity index (χ0) is 25.8. The summed E-state index contributed by atoms with van der Waals surface area (Å²) in [6.07, 6.45) is 0.672. The predicted octanol–water partition coefficient (Wildman–Crippen LogP) is 5.18. The van der Waals surface area contributed by atoms with Gasteiger partial charge in [-0.15, -0.1) is 0 Å². The molecule has 0 fully saturated rings. The zero-order valence-electron chi connectivity index (χ0n) is 19.6. The normalized spacial score (nSPS) is 15.7. The van der Waals surface area contributed by atoms with E-state index in [1.165, 1.54) is 42.9 Å². The largest absolute Gasteiger partial charge is 0.493 e. The maximum Gasteiger partial charge on any atom is 0.416 e. The number of fused-ring (bicyclic) bond motifs is 1. The van der Waals surface area contributed by atoms with Crippen LogP contribution in [0.25, 0.3) is 0 Å². The Hall–Kier alpha value is -3.18. The first-order chi connectivity index (χ1) is 17.2. The number of benzene rings is 2. The van der Waals surface area contributed by atoms with Crippen molar-refractivity contribution < 1.29 is 31.1 Å². The molecule has 0 saturated heterocycles. The van der Waals surface area contributed by atoms with Gasteiger partial charge in [0, 0.05) is 37.5 Å². The summed E-state index contributed by atoms with van der Waals surface area (Å²) < 4.78 is 79.2. The summed E-state index contributed by atoms with van der Waals surface area (Å²) in [5.41, 5.74) is 1.47. The summed E-state index contributed by atoms with van der Waals surface area (Å²) in [6, 6.07) is 9.87. The van der Waals surface area contributed by atoms with Crippen LogP contribution in [0.15, 0.2) is 59.9 Å². The van der Waals surface area contributed by atoms with Crippen molar-refractivity contribution in [1.29, 1.82) is 0 Å². The second kappa shape index (κ2) is 10.8. The zero-order valence-corrected chi connectivity index (χ0v) is 20.4.